The number of hydrogen-bond donors (Lipinski definition) is 0. The van der Waals surface area contributed by atoms with Crippen LogP contribution in [0.4, 0.5) is 0 Å². The Hall–Kier alpha value is -2.13. The van der Waals surface area contributed by atoms with Gasteiger partial charge in [-0.25, -0.2) is 4.98 Å². The predicted octanol–water partition coefficient (Wildman–Crippen LogP) is 4.63. The molecule has 0 saturated carbocycles. The van der Waals surface area contributed by atoms with Crippen LogP contribution < -0.4 is 0 Å². The Bertz CT molecular complexity index is 800. The Morgan fingerprint density at radius 2 is 1.62 bits per heavy atom. The SMILES string of the molecule is C[C@H](c1nc2ccccc2n1Cc1ccccc1)N1CCCCC1. The summed E-state index contributed by atoms with van der Waals surface area (Å²) < 4.78 is 2.41. The highest BCUT2D eigenvalue weighted by Crippen LogP contribution is 2.27. The van der Waals surface area contributed by atoms with Crippen LogP contribution in [0.1, 0.15) is 43.6 Å². The number of nitrogens with zero attached hydrogens (tertiary/aromatic N) is 3. The first-order valence-corrected chi connectivity index (χ1v) is 9.06. The van der Waals surface area contributed by atoms with Crippen molar-refractivity contribution in [1.29, 1.82) is 0 Å². The van der Waals surface area contributed by atoms with Crippen LogP contribution in [0.5, 0.6) is 0 Å². The largest absolute Gasteiger partial charge is 0.322 e. The second-order valence-electron chi connectivity index (χ2n) is 6.80. The van der Waals surface area contributed by atoms with Crippen LogP contribution in [0.3, 0.4) is 0 Å². The maximum Gasteiger partial charge on any atom is 0.127 e. The second kappa shape index (κ2) is 6.78. The standard InChI is InChI=1S/C21H25N3/c1-17(23-14-8-3-9-15-23)21-22-19-12-6-7-13-20(19)24(21)16-18-10-4-2-5-11-18/h2,4-7,10-13,17H,3,8-9,14-16H2,1H3/t17-/m1/s1. The summed E-state index contributed by atoms with van der Waals surface area (Å²) in [5, 5.41) is 0. The molecule has 1 aliphatic rings. The molecule has 124 valence electrons. The first kappa shape index (κ1) is 15.4. The molecular weight excluding hydrogens is 294 g/mol. The Kier molecular flexibility index (Phi) is 4.35. The van der Waals surface area contributed by atoms with E-state index in [1.165, 1.54) is 49.3 Å². The summed E-state index contributed by atoms with van der Waals surface area (Å²) in [6.07, 6.45) is 3.98. The van der Waals surface area contributed by atoms with Gasteiger partial charge in [0.05, 0.1) is 17.1 Å². The molecule has 2 aromatic carbocycles. The molecule has 3 aromatic rings. The highest BCUT2D eigenvalue weighted by atomic mass is 15.2. The van der Waals surface area contributed by atoms with E-state index in [-0.39, 0.29) is 0 Å². The smallest absolute Gasteiger partial charge is 0.127 e. The van der Waals surface area contributed by atoms with E-state index in [1.54, 1.807) is 0 Å². The quantitative estimate of drug-likeness (QED) is 0.699. The van der Waals surface area contributed by atoms with E-state index in [9.17, 15) is 0 Å². The van der Waals surface area contributed by atoms with E-state index in [2.05, 4.69) is 71.0 Å². The number of piperidine rings is 1. The van der Waals surface area contributed by atoms with Crippen LogP contribution in [0.25, 0.3) is 11.0 Å². The molecule has 0 unspecified atom stereocenters. The first-order valence-electron chi connectivity index (χ1n) is 9.06. The monoisotopic (exact) mass is 319 g/mol. The van der Waals surface area contributed by atoms with Gasteiger partial charge >= 0.3 is 0 Å². The third-order valence-electron chi connectivity index (χ3n) is 5.18. The van der Waals surface area contributed by atoms with E-state index in [0.29, 0.717) is 6.04 Å². The van der Waals surface area contributed by atoms with Gasteiger partial charge in [-0.15, -0.1) is 0 Å². The number of benzene rings is 2. The van der Waals surface area contributed by atoms with Crippen molar-refractivity contribution in [2.75, 3.05) is 13.1 Å². The van der Waals surface area contributed by atoms with E-state index in [0.717, 1.165) is 12.1 Å². The van der Waals surface area contributed by atoms with Crippen LogP contribution in [0.15, 0.2) is 54.6 Å². The molecule has 0 N–H and O–H groups in total. The highest BCUT2D eigenvalue weighted by molar-refractivity contribution is 5.76. The molecule has 1 aliphatic heterocycles. The van der Waals surface area contributed by atoms with Crippen LogP contribution in [0, 0.1) is 0 Å². The van der Waals surface area contributed by atoms with Crippen molar-refractivity contribution in [3.05, 3.63) is 66.0 Å². The molecule has 4 rings (SSSR count). The molecule has 2 heterocycles. The second-order valence-corrected chi connectivity index (χ2v) is 6.80. The molecule has 3 nitrogen and oxygen atoms in total. The lowest BCUT2D eigenvalue weighted by atomic mass is 10.1. The third kappa shape index (κ3) is 2.96. The van der Waals surface area contributed by atoms with Gasteiger partial charge in [0.2, 0.25) is 0 Å². The minimum Gasteiger partial charge on any atom is -0.322 e. The molecule has 1 saturated heterocycles. The minimum atomic E-state index is 0.362. The summed E-state index contributed by atoms with van der Waals surface area (Å²) in [4.78, 5) is 7.59. The van der Waals surface area contributed by atoms with Gasteiger partial charge in [-0.05, 0) is 50.6 Å². The number of fused-ring (bicyclic) bond motifs is 1. The molecule has 1 atom stereocenters. The lowest BCUT2D eigenvalue weighted by molar-refractivity contribution is 0.166. The zero-order chi connectivity index (χ0) is 16.4. The molecule has 0 radical (unpaired) electrons. The first-order chi connectivity index (χ1) is 11.8. The van der Waals surface area contributed by atoms with Gasteiger partial charge in [0.25, 0.3) is 0 Å². The number of likely N-dealkylation sites (tertiary alicyclic amines) is 1. The van der Waals surface area contributed by atoms with Gasteiger partial charge in [-0.3, -0.25) is 4.90 Å². The summed E-state index contributed by atoms with van der Waals surface area (Å²) in [7, 11) is 0. The van der Waals surface area contributed by atoms with Crippen molar-refractivity contribution in [3.63, 3.8) is 0 Å². The van der Waals surface area contributed by atoms with Crippen LogP contribution in [-0.2, 0) is 6.54 Å². The number of rotatable bonds is 4. The van der Waals surface area contributed by atoms with Crippen molar-refractivity contribution in [2.24, 2.45) is 0 Å². The number of para-hydroxylation sites is 2. The van der Waals surface area contributed by atoms with E-state index >= 15 is 0 Å². The number of aromatic nitrogens is 2. The van der Waals surface area contributed by atoms with Gasteiger partial charge in [0.15, 0.2) is 0 Å². The Morgan fingerprint density at radius 3 is 2.42 bits per heavy atom. The fraction of sp³-hybridized carbons (Fsp3) is 0.381. The average Bonchev–Trinajstić information content (AvgIpc) is 3.01. The average molecular weight is 319 g/mol. The molecule has 1 aromatic heterocycles. The van der Waals surface area contributed by atoms with Crippen molar-refractivity contribution < 1.29 is 0 Å². The molecule has 0 amide bonds. The van der Waals surface area contributed by atoms with Crippen molar-refractivity contribution in [3.8, 4) is 0 Å². The summed E-state index contributed by atoms with van der Waals surface area (Å²) in [6.45, 7) is 5.58. The summed E-state index contributed by atoms with van der Waals surface area (Å²) >= 11 is 0. The topological polar surface area (TPSA) is 21.1 Å². The number of imidazole rings is 1. The maximum atomic E-state index is 5.01. The third-order valence-corrected chi connectivity index (χ3v) is 5.18. The molecule has 0 aliphatic carbocycles. The normalized spacial score (nSPS) is 17.2. The van der Waals surface area contributed by atoms with Crippen molar-refractivity contribution in [2.45, 2.75) is 38.8 Å². The van der Waals surface area contributed by atoms with Crippen LogP contribution in [-0.4, -0.2) is 27.5 Å². The zero-order valence-electron chi connectivity index (χ0n) is 14.4. The minimum absolute atomic E-state index is 0.362. The zero-order valence-corrected chi connectivity index (χ0v) is 14.4. The summed E-state index contributed by atoms with van der Waals surface area (Å²) in [5.74, 6) is 1.20. The van der Waals surface area contributed by atoms with E-state index in [1.807, 2.05) is 0 Å². The summed E-state index contributed by atoms with van der Waals surface area (Å²) in [5.41, 5.74) is 3.67. The maximum absolute atomic E-state index is 5.01. The van der Waals surface area contributed by atoms with E-state index < -0.39 is 0 Å². The molecule has 1 fully saturated rings. The van der Waals surface area contributed by atoms with Crippen LogP contribution in [0.2, 0.25) is 0 Å². The fourth-order valence-electron chi connectivity index (χ4n) is 3.81. The van der Waals surface area contributed by atoms with Gasteiger partial charge in [0, 0.05) is 6.54 Å². The molecular formula is C21H25N3. The lowest BCUT2D eigenvalue weighted by Gasteiger charge is -2.32. The fourth-order valence-corrected chi connectivity index (χ4v) is 3.81. The van der Waals surface area contributed by atoms with Gasteiger partial charge < -0.3 is 4.57 Å². The van der Waals surface area contributed by atoms with Gasteiger partial charge in [-0.1, -0.05) is 48.9 Å². The molecule has 3 heteroatoms. The Balaban J connectivity index is 1.74. The number of hydrogen-bond acceptors (Lipinski definition) is 2. The Labute approximate surface area is 143 Å². The summed E-state index contributed by atoms with van der Waals surface area (Å²) in [6, 6.07) is 19.6. The molecule has 0 bridgehead atoms. The van der Waals surface area contributed by atoms with Gasteiger partial charge in [-0.2, -0.15) is 0 Å². The predicted molar refractivity (Wildman–Crippen MR) is 99.1 cm³/mol. The van der Waals surface area contributed by atoms with Crippen molar-refractivity contribution >= 4 is 11.0 Å². The van der Waals surface area contributed by atoms with E-state index in [4.69, 9.17) is 4.98 Å². The van der Waals surface area contributed by atoms with Gasteiger partial charge in [0.1, 0.15) is 5.82 Å². The lowest BCUT2D eigenvalue weighted by Crippen LogP contribution is -2.33. The van der Waals surface area contributed by atoms with Crippen LogP contribution >= 0.6 is 0 Å². The molecule has 24 heavy (non-hydrogen) atoms. The highest BCUT2D eigenvalue weighted by Gasteiger charge is 2.23. The Morgan fingerprint density at radius 1 is 0.917 bits per heavy atom. The molecule has 0 spiro atoms. The van der Waals surface area contributed by atoms with Crippen molar-refractivity contribution in [1.82, 2.24) is 14.5 Å².